The van der Waals surface area contributed by atoms with Crippen molar-refractivity contribution in [1.29, 1.82) is 0 Å². The summed E-state index contributed by atoms with van der Waals surface area (Å²) in [6, 6.07) is 13.7. The molecule has 7 heteroatoms. The lowest BCUT2D eigenvalue weighted by molar-refractivity contribution is 0.0858. The fraction of sp³-hybridized carbons (Fsp3) is 0.227. The maximum Gasteiger partial charge on any atom is 0.261 e. The molecule has 1 saturated heterocycles. The normalized spacial score (nSPS) is 16.5. The second-order valence-corrected chi connectivity index (χ2v) is 6.91. The number of hydrogen-bond acceptors (Lipinski definition) is 5. The van der Waals surface area contributed by atoms with E-state index >= 15 is 0 Å². The summed E-state index contributed by atoms with van der Waals surface area (Å²) in [7, 11) is 0. The number of fused-ring (bicyclic) bond motifs is 1. The van der Waals surface area contributed by atoms with Crippen molar-refractivity contribution in [2.24, 2.45) is 4.99 Å². The molecule has 0 spiro atoms. The number of aromatic amines is 1. The van der Waals surface area contributed by atoms with Crippen molar-refractivity contribution in [1.82, 2.24) is 10.3 Å². The van der Waals surface area contributed by atoms with E-state index < -0.39 is 5.56 Å². The average molecular weight is 391 g/mol. The molecule has 29 heavy (non-hydrogen) atoms. The van der Waals surface area contributed by atoms with Gasteiger partial charge in [-0.3, -0.25) is 14.6 Å². The number of carbonyl (C=O) groups excluding carboxylic acids is 1. The number of nitrogens with one attached hydrogen (secondary N) is 2. The molecule has 1 amide bonds. The number of nitrogens with zero attached hydrogens (tertiary/aromatic N) is 1. The predicted octanol–water partition coefficient (Wildman–Crippen LogP) is 2.89. The highest BCUT2D eigenvalue weighted by Crippen LogP contribution is 2.24. The third kappa shape index (κ3) is 4.20. The summed E-state index contributed by atoms with van der Waals surface area (Å²) < 4.78 is 5.50. The van der Waals surface area contributed by atoms with Crippen LogP contribution in [0.25, 0.3) is 10.9 Å². The number of aromatic nitrogens is 1. The van der Waals surface area contributed by atoms with Crippen LogP contribution in [0.1, 0.15) is 28.8 Å². The van der Waals surface area contributed by atoms with Crippen LogP contribution in [0, 0.1) is 0 Å². The van der Waals surface area contributed by atoms with Crippen molar-refractivity contribution < 1.29 is 14.6 Å². The Bertz CT molecular complexity index is 1110. The highest BCUT2D eigenvalue weighted by Gasteiger charge is 2.16. The van der Waals surface area contributed by atoms with Crippen LogP contribution in [0.4, 0.5) is 5.69 Å². The zero-order valence-electron chi connectivity index (χ0n) is 15.7. The molecule has 1 aliphatic rings. The average Bonchev–Trinajstić information content (AvgIpc) is 3.26. The van der Waals surface area contributed by atoms with E-state index in [1.54, 1.807) is 48.5 Å². The largest absolute Gasteiger partial charge is 0.506 e. The number of carbonyl (C=O) groups is 1. The zero-order chi connectivity index (χ0) is 20.2. The highest BCUT2D eigenvalue weighted by atomic mass is 16.5. The monoisotopic (exact) mass is 391 g/mol. The van der Waals surface area contributed by atoms with Crippen molar-refractivity contribution in [2.45, 2.75) is 18.9 Å². The minimum atomic E-state index is -0.421. The number of aromatic hydroxyl groups is 1. The van der Waals surface area contributed by atoms with Crippen LogP contribution in [0.5, 0.6) is 5.75 Å². The Morgan fingerprint density at radius 1 is 1.24 bits per heavy atom. The van der Waals surface area contributed by atoms with Crippen LogP contribution in [0.2, 0.25) is 0 Å². The van der Waals surface area contributed by atoms with E-state index in [-0.39, 0.29) is 23.3 Å². The molecule has 2 aromatic carbocycles. The Hall–Kier alpha value is -3.45. The van der Waals surface area contributed by atoms with E-state index in [9.17, 15) is 14.7 Å². The minimum Gasteiger partial charge on any atom is -0.506 e. The SMILES string of the molecule is O=C(NCC1CCCO1)c1ccc(N=Cc2c(O)c3ccccc3[nH]c2=O)cc1. The molecule has 7 nitrogen and oxygen atoms in total. The van der Waals surface area contributed by atoms with Gasteiger partial charge in [0.1, 0.15) is 11.3 Å². The van der Waals surface area contributed by atoms with Gasteiger partial charge < -0.3 is 20.1 Å². The van der Waals surface area contributed by atoms with Crippen LogP contribution >= 0.6 is 0 Å². The Morgan fingerprint density at radius 2 is 2.03 bits per heavy atom. The summed E-state index contributed by atoms with van der Waals surface area (Å²) in [5.74, 6) is -0.280. The fourth-order valence-corrected chi connectivity index (χ4v) is 3.31. The smallest absolute Gasteiger partial charge is 0.261 e. The van der Waals surface area contributed by atoms with E-state index in [2.05, 4.69) is 15.3 Å². The molecule has 3 aromatic rings. The molecular weight excluding hydrogens is 370 g/mol. The van der Waals surface area contributed by atoms with Crippen molar-refractivity contribution >= 4 is 28.7 Å². The van der Waals surface area contributed by atoms with Crippen molar-refractivity contribution in [3.8, 4) is 5.75 Å². The molecule has 1 unspecified atom stereocenters. The summed E-state index contributed by atoms with van der Waals surface area (Å²) in [5.41, 5.74) is 1.31. The summed E-state index contributed by atoms with van der Waals surface area (Å²) in [5, 5.41) is 13.8. The third-order valence-electron chi connectivity index (χ3n) is 4.92. The second-order valence-electron chi connectivity index (χ2n) is 6.91. The van der Waals surface area contributed by atoms with E-state index in [1.807, 2.05) is 0 Å². The minimum absolute atomic E-state index is 0.0853. The number of aliphatic imine (C=N–C) groups is 1. The lowest BCUT2D eigenvalue weighted by Crippen LogP contribution is -2.31. The molecule has 2 heterocycles. The van der Waals surface area contributed by atoms with Gasteiger partial charge in [-0.25, -0.2) is 0 Å². The summed E-state index contributed by atoms with van der Waals surface area (Å²) in [4.78, 5) is 31.4. The molecular formula is C22H21N3O4. The first-order valence-electron chi connectivity index (χ1n) is 9.50. The first-order valence-corrected chi connectivity index (χ1v) is 9.50. The van der Waals surface area contributed by atoms with Crippen LogP contribution in [-0.2, 0) is 4.74 Å². The number of para-hydroxylation sites is 1. The maximum absolute atomic E-state index is 12.2. The Morgan fingerprint density at radius 3 is 2.79 bits per heavy atom. The first kappa shape index (κ1) is 18.9. The van der Waals surface area contributed by atoms with Crippen LogP contribution < -0.4 is 10.9 Å². The zero-order valence-corrected chi connectivity index (χ0v) is 15.7. The first-order chi connectivity index (χ1) is 14.1. The second kappa shape index (κ2) is 8.28. The van der Waals surface area contributed by atoms with Crippen molar-refractivity contribution in [3.63, 3.8) is 0 Å². The third-order valence-corrected chi connectivity index (χ3v) is 4.92. The molecule has 3 N–H and O–H groups in total. The topological polar surface area (TPSA) is 104 Å². The van der Waals surface area contributed by atoms with Gasteiger partial charge in [-0.1, -0.05) is 12.1 Å². The molecule has 4 rings (SSSR count). The van der Waals surface area contributed by atoms with Gasteiger partial charge in [-0.05, 0) is 49.2 Å². The summed E-state index contributed by atoms with van der Waals surface area (Å²) >= 11 is 0. The van der Waals surface area contributed by atoms with Gasteiger partial charge in [0.2, 0.25) is 0 Å². The molecule has 0 saturated carbocycles. The number of rotatable bonds is 5. The number of ether oxygens (including phenoxy) is 1. The molecule has 1 atom stereocenters. The van der Waals surface area contributed by atoms with Gasteiger partial charge in [0.15, 0.2) is 0 Å². The lowest BCUT2D eigenvalue weighted by Gasteiger charge is -2.10. The summed E-state index contributed by atoms with van der Waals surface area (Å²) in [6.07, 6.45) is 3.42. The van der Waals surface area contributed by atoms with Crippen LogP contribution in [0.3, 0.4) is 0 Å². The molecule has 1 aliphatic heterocycles. The van der Waals surface area contributed by atoms with E-state index in [0.717, 1.165) is 19.4 Å². The van der Waals surface area contributed by atoms with Gasteiger partial charge in [0.25, 0.3) is 11.5 Å². The predicted molar refractivity (Wildman–Crippen MR) is 111 cm³/mol. The molecule has 0 radical (unpaired) electrons. The van der Waals surface area contributed by atoms with Crippen LogP contribution in [-0.4, -0.2) is 41.5 Å². The quantitative estimate of drug-likeness (QED) is 0.582. The van der Waals surface area contributed by atoms with E-state index in [4.69, 9.17) is 4.74 Å². The van der Waals surface area contributed by atoms with E-state index in [1.165, 1.54) is 6.21 Å². The molecule has 1 fully saturated rings. The Labute approximate surface area is 167 Å². The number of amides is 1. The van der Waals surface area contributed by atoms with Crippen molar-refractivity contribution in [2.75, 3.05) is 13.2 Å². The molecule has 1 aromatic heterocycles. The molecule has 148 valence electrons. The highest BCUT2D eigenvalue weighted by molar-refractivity contribution is 5.96. The standard InChI is InChI=1S/C22H21N3O4/c26-20-17-5-1-2-6-19(17)25-22(28)18(20)13-23-15-9-7-14(8-10-15)21(27)24-12-16-4-3-11-29-16/h1-2,5-10,13,16H,3-4,11-12H2,(H,24,27)(H2,25,26,28). The van der Waals surface area contributed by atoms with Gasteiger partial charge >= 0.3 is 0 Å². The Kier molecular flexibility index (Phi) is 5.39. The van der Waals surface area contributed by atoms with Gasteiger partial charge in [0, 0.05) is 30.3 Å². The number of pyridine rings is 1. The van der Waals surface area contributed by atoms with Gasteiger partial charge in [0.05, 0.1) is 17.3 Å². The van der Waals surface area contributed by atoms with Crippen LogP contribution in [0.15, 0.2) is 58.3 Å². The van der Waals surface area contributed by atoms with E-state index in [0.29, 0.717) is 28.7 Å². The van der Waals surface area contributed by atoms with Crippen molar-refractivity contribution in [3.05, 3.63) is 70.0 Å². The maximum atomic E-state index is 12.2. The number of benzene rings is 2. The summed E-state index contributed by atoms with van der Waals surface area (Å²) in [6.45, 7) is 1.26. The number of H-pyrrole nitrogens is 1. The number of hydrogen-bond donors (Lipinski definition) is 3. The van der Waals surface area contributed by atoms with Gasteiger partial charge in [-0.2, -0.15) is 0 Å². The van der Waals surface area contributed by atoms with Gasteiger partial charge in [-0.15, -0.1) is 0 Å². The lowest BCUT2D eigenvalue weighted by atomic mass is 10.1. The molecule has 0 bridgehead atoms. The fourth-order valence-electron chi connectivity index (χ4n) is 3.31. The molecule has 0 aliphatic carbocycles. The Balaban J connectivity index is 1.47.